The summed E-state index contributed by atoms with van der Waals surface area (Å²) in [7, 11) is 1.65. The van der Waals surface area contributed by atoms with E-state index in [1.54, 1.807) is 7.11 Å². The Kier molecular flexibility index (Phi) is 5.74. The van der Waals surface area contributed by atoms with Crippen LogP contribution in [0.25, 0.3) is 5.69 Å². The monoisotopic (exact) mass is 404 g/mol. The third-order valence-corrected chi connectivity index (χ3v) is 5.70. The summed E-state index contributed by atoms with van der Waals surface area (Å²) in [6, 6.07) is 13.8. The number of ether oxygens (including phenoxy) is 1. The quantitative estimate of drug-likeness (QED) is 0.674. The molecule has 3 aromatic rings. The lowest BCUT2D eigenvalue weighted by molar-refractivity contribution is 0.0950. The van der Waals surface area contributed by atoms with Crippen LogP contribution < -0.4 is 15.0 Å². The van der Waals surface area contributed by atoms with Gasteiger partial charge in [-0.25, -0.2) is 4.98 Å². The van der Waals surface area contributed by atoms with Gasteiger partial charge in [0.1, 0.15) is 11.6 Å². The molecule has 1 aliphatic rings. The minimum absolute atomic E-state index is 0.0672. The Morgan fingerprint density at radius 1 is 1.10 bits per heavy atom. The standard InChI is InChI=1S/C24H28N4O2/c1-17-14-22(18(2)28(17)20-6-8-21(30-3)9-7-20)24(29)26-16-19-10-11-25-23(15-19)27-12-4-5-13-27/h6-11,14-15H,4-5,12-13,16H2,1-3H3,(H,26,29). The number of hydrogen-bond donors (Lipinski definition) is 1. The minimum Gasteiger partial charge on any atom is -0.497 e. The number of nitrogens with one attached hydrogen (secondary N) is 1. The van der Waals surface area contributed by atoms with E-state index in [4.69, 9.17) is 4.74 Å². The molecule has 1 saturated heterocycles. The predicted octanol–water partition coefficient (Wildman–Crippen LogP) is 4.03. The van der Waals surface area contributed by atoms with Crippen molar-refractivity contribution in [3.63, 3.8) is 0 Å². The van der Waals surface area contributed by atoms with Crippen LogP contribution in [0, 0.1) is 13.8 Å². The zero-order valence-corrected chi connectivity index (χ0v) is 17.8. The molecule has 1 aromatic carbocycles. The second-order valence-corrected chi connectivity index (χ2v) is 7.72. The summed E-state index contributed by atoms with van der Waals surface area (Å²) in [5.41, 5.74) is 4.70. The smallest absolute Gasteiger partial charge is 0.253 e. The Balaban J connectivity index is 1.48. The largest absolute Gasteiger partial charge is 0.497 e. The first-order valence-electron chi connectivity index (χ1n) is 10.4. The van der Waals surface area contributed by atoms with Crippen molar-refractivity contribution in [1.82, 2.24) is 14.9 Å². The topological polar surface area (TPSA) is 59.4 Å². The van der Waals surface area contributed by atoms with Gasteiger partial charge in [0.2, 0.25) is 0 Å². The fourth-order valence-electron chi connectivity index (χ4n) is 4.09. The Bertz CT molecular complexity index is 1030. The highest BCUT2D eigenvalue weighted by Crippen LogP contribution is 2.23. The summed E-state index contributed by atoms with van der Waals surface area (Å²) in [5, 5.41) is 3.07. The lowest BCUT2D eigenvalue weighted by Gasteiger charge is -2.17. The molecule has 3 heterocycles. The van der Waals surface area contributed by atoms with Crippen LogP contribution in [0.4, 0.5) is 5.82 Å². The van der Waals surface area contributed by atoms with Crippen molar-refractivity contribution in [3.05, 3.63) is 71.2 Å². The van der Waals surface area contributed by atoms with E-state index in [0.29, 0.717) is 12.1 Å². The van der Waals surface area contributed by atoms with E-state index in [9.17, 15) is 4.79 Å². The molecule has 6 heteroatoms. The Labute approximate surface area is 177 Å². The number of benzene rings is 1. The van der Waals surface area contributed by atoms with Gasteiger partial charge in [0.15, 0.2) is 0 Å². The molecule has 1 aliphatic heterocycles. The molecule has 30 heavy (non-hydrogen) atoms. The summed E-state index contributed by atoms with van der Waals surface area (Å²) in [6.45, 7) is 6.58. The van der Waals surface area contributed by atoms with Gasteiger partial charge in [-0.2, -0.15) is 0 Å². The predicted molar refractivity (Wildman–Crippen MR) is 119 cm³/mol. The molecule has 0 saturated carbocycles. The zero-order chi connectivity index (χ0) is 21.1. The first-order chi connectivity index (χ1) is 14.6. The number of carbonyl (C=O) groups is 1. The van der Waals surface area contributed by atoms with Gasteiger partial charge in [0.25, 0.3) is 5.91 Å². The average molecular weight is 405 g/mol. The molecule has 0 spiro atoms. The maximum Gasteiger partial charge on any atom is 0.253 e. The molecule has 1 fully saturated rings. The number of hydrogen-bond acceptors (Lipinski definition) is 4. The first-order valence-corrected chi connectivity index (χ1v) is 10.4. The van der Waals surface area contributed by atoms with Gasteiger partial charge in [-0.1, -0.05) is 0 Å². The second-order valence-electron chi connectivity index (χ2n) is 7.72. The second kappa shape index (κ2) is 8.61. The summed E-state index contributed by atoms with van der Waals surface area (Å²) in [6.07, 6.45) is 4.25. The van der Waals surface area contributed by atoms with Crippen LogP contribution in [0.5, 0.6) is 5.75 Å². The first kappa shape index (κ1) is 20.0. The third-order valence-electron chi connectivity index (χ3n) is 5.70. The van der Waals surface area contributed by atoms with Crippen LogP contribution in [0.2, 0.25) is 0 Å². The molecule has 1 amide bonds. The lowest BCUT2D eigenvalue weighted by atomic mass is 10.2. The Morgan fingerprint density at radius 2 is 1.83 bits per heavy atom. The minimum atomic E-state index is -0.0672. The average Bonchev–Trinajstić information content (AvgIpc) is 3.41. The van der Waals surface area contributed by atoms with Crippen molar-refractivity contribution in [1.29, 1.82) is 0 Å². The number of aryl methyl sites for hydroxylation is 1. The molecule has 0 bridgehead atoms. The number of nitrogens with zero attached hydrogens (tertiary/aromatic N) is 3. The number of amides is 1. The number of pyridine rings is 1. The van der Waals surface area contributed by atoms with E-state index in [1.807, 2.05) is 56.4 Å². The molecule has 156 valence electrons. The number of carbonyl (C=O) groups excluding carboxylic acids is 1. The molecule has 0 aliphatic carbocycles. The molecule has 1 N–H and O–H groups in total. The van der Waals surface area contributed by atoms with E-state index >= 15 is 0 Å². The molecule has 0 atom stereocenters. The van der Waals surface area contributed by atoms with Crippen molar-refractivity contribution < 1.29 is 9.53 Å². The van der Waals surface area contributed by atoms with Gasteiger partial charge in [0, 0.05) is 42.9 Å². The third kappa shape index (κ3) is 4.03. The summed E-state index contributed by atoms with van der Waals surface area (Å²) < 4.78 is 7.33. The van der Waals surface area contributed by atoms with Crippen molar-refractivity contribution in [2.75, 3.05) is 25.1 Å². The Morgan fingerprint density at radius 3 is 2.53 bits per heavy atom. The SMILES string of the molecule is COc1ccc(-n2c(C)cc(C(=O)NCc3ccnc(N4CCCC4)c3)c2C)cc1. The van der Waals surface area contributed by atoms with Gasteiger partial charge in [-0.15, -0.1) is 0 Å². The maximum atomic E-state index is 12.9. The van der Waals surface area contributed by atoms with Gasteiger partial charge in [-0.3, -0.25) is 4.79 Å². The molecular formula is C24H28N4O2. The van der Waals surface area contributed by atoms with Crippen LogP contribution in [0.1, 0.15) is 40.2 Å². The molecule has 6 nitrogen and oxygen atoms in total. The fraction of sp³-hybridized carbons (Fsp3) is 0.333. The summed E-state index contributed by atoms with van der Waals surface area (Å²) in [5.74, 6) is 1.74. The fourth-order valence-corrected chi connectivity index (χ4v) is 4.09. The van der Waals surface area contributed by atoms with Crippen molar-refractivity contribution in [3.8, 4) is 11.4 Å². The Hall–Kier alpha value is -3.28. The van der Waals surface area contributed by atoms with Crippen molar-refractivity contribution in [2.45, 2.75) is 33.2 Å². The van der Waals surface area contributed by atoms with E-state index in [2.05, 4.69) is 25.8 Å². The highest BCUT2D eigenvalue weighted by atomic mass is 16.5. The summed E-state index contributed by atoms with van der Waals surface area (Å²) >= 11 is 0. The van der Waals surface area contributed by atoms with Gasteiger partial charge < -0.3 is 19.5 Å². The zero-order valence-electron chi connectivity index (χ0n) is 17.8. The van der Waals surface area contributed by atoms with Crippen LogP contribution in [-0.2, 0) is 6.54 Å². The highest BCUT2D eigenvalue weighted by molar-refractivity contribution is 5.95. The number of anilines is 1. The van der Waals surface area contributed by atoms with Crippen LogP contribution in [-0.4, -0.2) is 35.7 Å². The molecule has 2 aromatic heterocycles. The molecule has 0 radical (unpaired) electrons. The molecular weight excluding hydrogens is 376 g/mol. The van der Waals surface area contributed by atoms with Crippen molar-refractivity contribution in [2.24, 2.45) is 0 Å². The maximum absolute atomic E-state index is 12.9. The van der Waals surface area contributed by atoms with E-state index in [-0.39, 0.29) is 5.91 Å². The van der Waals surface area contributed by atoms with Gasteiger partial charge in [0.05, 0.1) is 12.7 Å². The van der Waals surface area contributed by atoms with Crippen molar-refractivity contribution >= 4 is 11.7 Å². The van der Waals surface area contributed by atoms with Gasteiger partial charge in [-0.05, 0) is 74.7 Å². The normalized spacial score (nSPS) is 13.5. The lowest BCUT2D eigenvalue weighted by Crippen LogP contribution is -2.24. The number of methoxy groups -OCH3 is 1. The van der Waals surface area contributed by atoms with Crippen LogP contribution >= 0.6 is 0 Å². The molecule has 0 unspecified atom stereocenters. The van der Waals surface area contributed by atoms with Crippen LogP contribution in [0.15, 0.2) is 48.7 Å². The van der Waals surface area contributed by atoms with E-state index < -0.39 is 0 Å². The number of rotatable bonds is 6. The number of aromatic nitrogens is 2. The van der Waals surface area contributed by atoms with Gasteiger partial charge >= 0.3 is 0 Å². The molecule has 4 rings (SSSR count). The van der Waals surface area contributed by atoms with Crippen LogP contribution in [0.3, 0.4) is 0 Å². The van der Waals surface area contributed by atoms with E-state index in [0.717, 1.165) is 47.3 Å². The summed E-state index contributed by atoms with van der Waals surface area (Å²) in [4.78, 5) is 19.7. The highest BCUT2D eigenvalue weighted by Gasteiger charge is 2.17. The van der Waals surface area contributed by atoms with E-state index in [1.165, 1.54) is 12.8 Å².